The molecule has 1 aliphatic carbocycles. The average Bonchev–Trinajstić information content (AvgIpc) is 2.86. The van der Waals surface area contributed by atoms with Crippen molar-refractivity contribution in [1.29, 1.82) is 0 Å². The molecule has 17 heavy (non-hydrogen) atoms. The minimum Gasteiger partial charge on any atom is -0.398 e. The van der Waals surface area contributed by atoms with E-state index in [2.05, 4.69) is 17.1 Å². The Morgan fingerprint density at radius 1 is 1.47 bits per heavy atom. The predicted octanol–water partition coefficient (Wildman–Crippen LogP) is 3.10. The van der Waals surface area contributed by atoms with Gasteiger partial charge in [0.05, 0.1) is 10.7 Å². The normalized spacial score (nSPS) is 22.7. The standard InChI is InChI=1S/C12H12ClN3O/c1-6-4-8(6)11-15-12(17-16-11)7-2-3-10(14)9(13)5-7/h2-3,5-6,8H,4,14H2,1H3. The molecule has 2 atom stereocenters. The van der Waals surface area contributed by atoms with Crippen LogP contribution < -0.4 is 5.73 Å². The van der Waals surface area contributed by atoms with Crippen LogP contribution in [0.1, 0.15) is 25.1 Å². The molecule has 1 aromatic heterocycles. The number of nitrogens with zero attached hydrogens (tertiary/aromatic N) is 2. The molecule has 88 valence electrons. The molecule has 2 N–H and O–H groups in total. The number of hydrogen-bond acceptors (Lipinski definition) is 4. The summed E-state index contributed by atoms with van der Waals surface area (Å²) in [6, 6.07) is 5.31. The monoisotopic (exact) mass is 249 g/mol. The summed E-state index contributed by atoms with van der Waals surface area (Å²) in [5.41, 5.74) is 7.00. The number of hydrogen-bond donors (Lipinski definition) is 1. The van der Waals surface area contributed by atoms with Crippen molar-refractivity contribution in [1.82, 2.24) is 10.1 Å². The van der Waals surface area contributed by atoms with E-state index in [9.17, 15) is 0 Å². The molecule has 2 unspecified atom stereocenters. The number of nitrogens with two attached hydrogens (primary N) is 1. The summed E-state index contributed by atoms with van der Waals surface area (Å²) in [5.74, 6) is 2.41. The second-order valence-corrected chi connectivity index (χ2v) is 4.92. The summed E-state index contributed by atoms with van der Waals surface area (Å²) in [6.45, 7) is 2.18. The van der Waals surface area contributed by atoms with Crippen molar-refractivity contribution >= 4 is 17.3 Å². The van der Waals surface area contributed by atoms with Gasteiger partial charge in [-0.15, -0.1) is 0 Å². The second-order valence-electron chi connectivity index (χ2n) is 4.51. The summed E-state index contributed by atoms with van der Waals surface area (Å²) in [4.78, 5) is 4.39. The van der Waals surface area contributed by atoms with Crippen molar-refractivity contribution in [2.45, 2.75) is 19.3 Å². The molecule has 0 radical (unpaired) electrons. The molecule has 4 nitrogen and oxygen atoms in total. The Bertz CT molecular complexity index is 567. The second kappa shape index (κ2) is 3.74. The SMILES string of the molecule is CC1CC1c1noc(-c2ccc(N)c(Cl)c2)n1. The zero-order valence-corrected chi connectivity index (χ0v) is 10.1. The van der Waals surface area contributed by atoms with Gasteiger partial charge in [0.25, 0.3) is 5.89 Å². The van der Waals surface area contributed by atoms with Crippen molar-refractivity contribution in [3.05, 3.63) is 29.0 Å². The Hall–Kier alpha value is -1.55. The van der Waals surface area contributed by atoms with E-state index < -0.39 is 0 Å². The smallest absolute Gasteiger partial charge is 0.257 e. The van der Waals surface area contributed by atoms with E-state index in [1.165, 1.54) is 0 Å². The van der Waals surface area contributed by atoms with Crippen molar-refractivity contribution in [3.8, 4) is 11.5 Å². The molecule has 1 aromatic carbocycles. The van der Waals surface area contributed by atoms with Crippen LogP contribution in [0.4, 0.5) is 5.69 Å². The molecule has 3 rings (SSSR count). The van der Waals surface area contributed by atoms with E-state index >= 15 is 0 Å². The summed E-state index contributed by atoms with van der Waals surface area (Å²) in [5, 5.41) is 4.50. The first kappa shape index (κ1) is 10.6. The highest BCUT2D eigenvalue weighted by Crippen LogP contribution is 2.45. The van der Waals surface area contributed by atoms with E-state index in [0.29, 0.717) is 28.4 Å². The Balaban J connectivity index is 1.92. The summed E-state index contributed by atoms with van der Waals surface area (Å²) >= 11 is 5.95. The Labute approximate surface area is 104 Å². The average molecular weight is 250 g/mol. The maximum atomic E-state index is 5.95. The lowest BCUT2D eigenvalue weighted by molar-refractivity contribution is 0.422. The minimum absolute atomic E-state index is 0.455. The van der Waals surface area contributed by atoms with Crippen LogP contribution >= 0.6 is 11.6 Å². The lowest BCUT2D eigenvalue weighted by Crippen LogP contribution is -1.87. The van der Waals surface area contributed by atoms with Gasteiger partial charge in [-0.25, -0.2) is 0 Å². The third kappa shape index (κ3) is 1.89. The first-order valence-corrected chi connectivity index (χ1v) is 5.92. The Morgan fingerprint density at radius 2 is 2.24 bits per heavy atom. The molecule has 0 amide bonds. The molecular formula is C12H12ClN3O. The van der Waals surface area contributed by atoms with Crippen molar-refractivity contribution in [2.24, 2.45) is 5.92 Å². The molecule has 0 aliphatic heterocycles. The number of halogens is 1. The maximum Gasteiger partial charge on any atom is 0.257 e. The van der Waals surface area contributed by atoms with Crippen molar-refractivity contribution in [2.75, 3.05) is 5.73 Å². The highest BCUT2D eigenvalue weighted by molar-refractivity contribution is 6.33. The number of benzene rings is 1. The van der Waals surface area contributed by atoms with Crippen LogP contribution in [0.25, 0.3) is 11.5 Å². The van der Waals surface area contributed by atoms with Gasteiger partial charge in [-0.2, -0.15) is 4.98 Å². The molecule has 5 heteroatoms. The lowest BCUT2D eigenvalue weighted by atomic mass is 10.2. The van der Waals surface area contributed by atoms with Crippen LogP contribution in [0.3, 0.4) is 0 Å². The molecule has 1 aliphatic rings. The summed E-state index contributed by atoms with van der Waals surface area (Å²) in [6.07, 6.45) is 1.14. The quantitative estimate of drug-likeness (QED) is 0.831. The Kier molecular flexibility index (Phi) is 2.33. The van der Waals surface area contributed by atoms with Crippen LogP contribution in [0.5, 0.6) is 0 Å². The van der Waals surface area contributed by atoms with E-state index in [1.54, 1.807) is 12.1 Å². The fourth-order valence-corrected chi connectivity index (χ4v) is 2.03. The largest absolute Gasteiger partial charge is 0.398 e. The third-order valence-corrected chi connectivity index (χ3v) is 3.46. The molecule has 1 fully saturated rings. The van der Waals surface area contributed by atoms with Crippen molar-refractivity contribution in [3.63, 3.8) is 0 Å². The van der Waals surface area contributed by atoms with Crippen LogP contribution in [0, 0.1) is 5.92 Å². The summed E-state index contributed by atoms with van der Waals surface area (Å²) in [7, 11) is 0. The third-order valence-electron chi connectivity index (χ3n) is 3.13. The fraction of sp³-hybridized carbons (Fsp3) is 0.333. The minimum atomic E-state index is 0.455. The van der Waals surface area contributed by atoms with Crippen LogP contribution in [-0.2, 0) is 0 Å². The molecule has 0 spiro atoms. The van der Waals surface area contributed by atoms with Crippen molar-refractivity contribution < 1.29 is 4.52 Å². The van der Waals surface area contributed by atoms with E-state index in [-0.39, 0.29) is 0 Å². The molecule has 0 bridgehead atoms. The predicted molar refractivity (Wildman–Crippen MR) is 65.7 cm³/mol. The topological polar surface area (TPSA) is 64.9 Å². The highest BCUT2D eigenvalue weighted by atomic mass is 35.5. The van der Waals surface area contributed by atoms with E-state index in [1.807, 2.05) is 6.07 Å². The first-order valence-electron chi connectivity index (χ1n) is 5.54. The molecule has 2 aromatic rings. The molecular weight excluding hydrogens is 238 g/mol. The van der Waals surface area contributed by atoms with Gasteiger partial charge in [0.15, 0.2) is 5.82 Å². The number of aromatic nitrogens is 2. The van der Waals surface area contributed by atoms with Gasteiger partial charge in [0.2, 0.25) is 0 Å². The fourth-order valence-electron chi connectivity index (χ4n) is 1.84. The molecule has 1 saturated carbocycles. The van der Waals surface area contributed by atoms with Gasteiger partial charge in [-0.3, -0.25) is 0 Å². The number of nitrogen functional groups attached to an aromatic ring is 1. The van der Waals surface area contributed by atoms with Gasteiger partial charge in [-0.05, 0) is 30.5 Å². The maximum absolute atomic E-state index is 5.95. The van der Waals surface area contributed by atoms with Gasteiger partial charge >= 0.3 is 0 Å². The van der Waals surface area contributed by atoms with Crippen LogP contribution in [-0.4, -0.2) is 10.1 Å². The lowest BCUT2D eigenvalue weighted by Gasteiger charge is -1.98. The zero-order valence-electron chi connectivity index (χ0n) is 9.35. The number of anilines is 1. The van der Waals surface area contributed by atoms with Gasteiger partial charge in [-0.1, -0.05) is 23.7 Å². The molecule has 0 saturated heterocycles. The summed E-state index contributed by atoms with van der Waals surface area (Å²) < 4.78 is 5.23. The van der Waals surface area contributed by atoms with Crippen LogP contribution in [0.15, 0.2) is 22.7 Å². The van der Waals surface area contributed by atoms with Gasteiger partial charge < -0.3 is 10.3 Å². The van der Waals surface area contributed by atoms with Gasteiger partial charge in [0.1, 0.15) is 0 Å². The van der Waals surface area contributed by atoms with E-state index in [0.717, 1.165) is 17.8 Å². The van der Waals surface area contributed by atoms with E-state index in [4.69, 9.17) is 21.9 Å². The van der Waals surface area contributed by atoms with Crippen LogP contribution in [0.2, 0.25) is 5.02 Å². The first-order chi connectivity index (χ1) is 8.15. The number of rotatable bonds is 2. The van der Waals surface area contributed by atoms with Gasteiger partial charge in [0, 0.05) is 11.5 Å². The molecule has 1 heterocycles. The zero-order chi connectivity index (χ0) is 12.0. The Morgan fingerprint density at radius 3 is 2.88 bits per heavy atom. The highest BCUT2D eigenvalue weighted by Gasteiger charge is 2.38.